The lowest BCUT2D eigenvalue weighted by Gasteiger charge is -2.34. The molecule has 0 saturated carbocycles. The van der Waals surface area contributed by atoms with Crippen molar-refractivity contribution in [3.8, 4) is 0 Å². The van der Waals surface area contributed by atoms with Crippen molar-refractivity contribution in [2.24, 2.45) is 17.6 Å². The largest absolute Gasteiger partial charge is 0.340 e. The summed E-state index contributed by atoms with van der Waals surface area (Å²) in [6, 6.07) is 10.1. The highest BCUT2D eigenvalue weighted by atomic mass is 16.2. The molecular formula is C21H32N4O2. The van der Waals surface area contributed by atoms with Gasteiger partial charge in [-0.15, -0.1) is 0 Å². The van der Waals surface area contributed by atoms with Gasteiger partial charge >= 0.3 is 6.03 Å². The standard InChI is InChI=1S/C21H32N4O2/c1-15(2)11-23-21(27)24-10-6-9-17(12-24)20(26)25-13-18(19(22)14-25)16-7-4-3-5-8-16/h3-5,7-8,15,17-19H,6,9-14,22H2,1-2H3,(H,23,27)/t17?,18-,19+/m0/s1. The van der Waals surface area contributed by atoms with Gasteiger partial charge in [0.05, 0.1) is 5.92 Å². The van der Waals surface area contributed by atoms with Crippen molar-refractivity contribution in [2.45, 2.75) is 38.6 Å². The number of carbonyl (C=O) groups is 2. The molecule has 0 spiro atoms. The molecule has 0 radical (unpaired) electrons. The molecule has 3 rings (SSSR count). The third kappa shape index (κ3) is 4.80. The van der Waals surface area contributed by atoms with E-state index in [1.54, 1.807) is 4.90 Å². The molecule has 27 heavy (non-hydrogen) atoms. The number of hydrogen-bond donors (Lipinski definition) is 2. The van der Waals surface area contributed by atoms with Crippen molar-refractivity contribution in [3.63, 3.8) is 0 Å². The van der Waals surface area contributed by atoms with Gasteiger partial charge in [0.2, 0.25) is 5.91 Å². The smallest absolute Gasteiger partial charge is 0.317 e. The number of piperidine rings is 1. The van der Waals surface area contributed by atoms with Gasteiger partial charge in [0, 0.05) is 44.7 Å². The minimum atomic E-state index is -0.120. The first-order chi connectivity index (χ1) is 13.0. The van der Waals surface area contributed by atoms with Crippen LogP contribution in [0.5, 0.6) is 0 Å². The Bertz CT molecular complexity index is 649. The van der Waals surface area contributed by atoms with Crippen molar-refractivity contribution < 1.29 is 9.59 Å². The second kappa shape index (κ2) is 8.74. The Labute approximate surface area is 162 Å². The monoisotopic (exact) mass is 372 g/mol. The van der Waals surface area contributed by atoms with Gasteiger partial charge < -0.3 is 20.9 Å². The lowest BCUT2D eigenvalue weighted by molar-refractivity contribution is -0.135. The van der Waals surface area contributed by atoms with Crippen LogP contribution in [0.1, 0.15) is 38.2 Å². The summed E-state index contributed by atoms with van der Waals surface area (Å²) in [7, 11) is 0. The maximum Gasteiger partial charge on any atom is 0.317 e. The summed E-state index contributed by atoms with van der Waals surface area (Å²) in [4.78, 5) is 29.1. The maximum atomic E-state index is 13.1. The van der Waals surface area contributed by atoms with Crippen LogP contribution in [-0.4, -0.2) is 60.5 Å². The topological polar surface area (TPSA) is 78.7 Å². The number of rotatable bonds is 4. The molecule has 0 aromatic heterocycles. The van der Waals surface area contributed by atoms with E-state index in [2.05, 4.69) is 31.3 Å². The average molecular weight is 373 g/mol. The summed E-state index contributed by atoms with van der Waals surface area (Å²) in [6.45, 7) is 7.29. The average Bonchev–Trinajstić information content (AvgIpc) is 3.08. The van der Waals surface area contributed by atoms with Crippen LogP contribution in [0.3, 0.4) is 0 Å². The second-order valence-electron chi connectivity index (χ2n) is 8.29. The first kappa shape index (κ1) is 19.7. The summed E-state index contributed by atoms with van der Waals surface area (Å²) >= 11 is 0. The Morgan fingerprint density at radius 1 is 1.15 bits per heavy atom. The van der Waals surface area contributed by atoms with Gasteiger partial charge in [-0.05, 0) is 24.3 Å². The van der Waals surface area contributed by atoms with Gasteiger partial charge in [-0.25, -0.2) is 4.79 Å². The van der Waals surface area contributed by atoms with Crippen LogP contribution in [0.2, 0.25) is 0 Å². The van der Waals surface area contributed by atoms with Crippen molar-refractivity contribution >= 4 is 11.9 Å². The molecule has 1 aromatic carbocycles. The fourth-order valence-electron chi connectivity index (χ4n) is 4.09. The SMILES string of the molecule is CC(C)CNC(=O)N1CCCC(C(=O)N2C[C@@H](N)[C@H](c3ccccc3)C2)C1. The Hall–Kier alpha value is -2.08. The van der Waals surface area contributed by atoms with Crippen LogP contribution in [0.25, 0.3) is 0 Å². The Morgan fingerprint density at radius 3 is 2.59 bits per heavy atom. The van der Waals surface area contributed by atoms with Crippen LogP contribution in [0, 0.1) is 11.8 Å². The Morgan fingerprint density at radius 2 is 1.89 bits per heavy atom. The molecule has 0 bridgehead atoms. The van der Waals surface area contributed by atoms with Crippen LogP contribution >= 0.6 is 0 Å². The molecule has 0 aliphatic carbocycles. The molecule has 148 valence electrons. The number of amides is 3. The number of nitrogens with one attached hydrogen (secondary N) is 1. The normalized spacial score (nSPS) is 25.7. The molecule has 3 N–H and O–H groups in total. The van der Waals surface area contributed by atoms with E-state index in [0.717, 1.165) is 19.4 Å². The highest BCUT2D eigenvalue weighted by Gasteiger charge is 2.38. The molecule has 3 amide bonds. The van der Waals surface area contributed by atoms with Crippen LogP contribution in [0.4, 0.5) is 4.79 Å². The van der Waals surface area contributed by atoms with Crippen molar-refractivity contribution in [3.05, 3.63) is 35.9 Å². The minimum Gasteiger partial charge on any atom is -0.340 e. The van der Waals surface area contributed by atoms with Gasteiger partial charge in [0.15, 0.2) is 0 Å². The fraction of sp³-hybridized carbons (Fsp3) is 0.619. The fourth-order valence-corrected chi connectivity index (χ4v) is 4.09. The zero-order chi connectivity index (χ0) is 19.4. The molecule has 3 atom stereocenters. The number of nitrogens with two attached hydrogens (primary N) is 1. The second-order valence-corrected chi connectivity index (χ2v) is 8.29. The lowest BCUT2D eigenvalue weighted by Crippen LogP contribution is -2.50. The van der Waals surface area contributed by atoms with Gasteiger partial charge in [-0.1, -0.05) is 44.2 Å². The molecule has 2 aliphatic rings. The molecule has 6 nitrogen and oxygen atoms in total. The highest BCUT2D eigenvalue weighted by molar-refractivity contribution is 5.81. The van der Waals surface area contributed by atoms with E-state index in [0.29, 0.717) is 32.1 Å². The quantitative estimate of drug-likeness (QED) is 0.849. The number of nitrogens with zero attached hydrogens (tertiary/aromatic N) is 2. The summed E-state index contributed by atoms with van der Waals surface area (Å²) in [5, 5.41) is 2.96. The summed E-state index contributed by atoms with van der Waals surface area (Å²) in [5.74, 6) is 0.622. The number of urea groups is 1. The van der Waals surface area contributed by atoms with Crippen LogP contribution < -0.4 is 11.1 Å². The Balaban J connectivity index is 1.58. The first-order valence-electron chi connectivity index (χ1n) is 10.1. The number of carbonyl (C=O) groups excluding carboxylic acids is 2. The summed E-state index contributed by atoms with van der Waals surface area (Å²) in [5.41, 5.74) is 7.54. The van der Waals surface area contributed by atoms with Crippen LogP contribution in [-0.2, 0) is 4.79 Å². The maximum absolute atomic E-state index is 13.1. The molecular weight excluding hydrogens is 340 g/mol. The van der Waals surface area contributed by atoms with Crippen LogP contribution in [0.15, 0.2) is 30.3 Å². The number of hydrogen-bond acceptors (Lipinski definition) is 3. The molecule has 1 unspecified atom stereocenters. The zero-order valence-electron chi connectivity index (χ0n) is 16.4. The highest BCUT2D eigenvalue weighted by Crippen LogP contribution is 2.29. The molecule has 2 saturated heterocycles. The zero-order valence-corrected chi connectivity index (χ0v) is 16.4. The third-order valence-corrected chi connectivity index (χ3v) is 5.62. The molecule has 6 heteroatoms. The van der Waals surface area contributed by atoms with E-state index in [9.17, 15) is 9.59 Å². The minimum absolute atomic E-state index is 0.0367. The van der Waals surface area contributed by atoms with Crippen molar-refractivity contribution in [2.75, 3.05) is 32.7 Å². The van der Waals surface area contributed by atoms with Gasteiger partial charge in [-0.2, -0.15) is 0 Å². The van der Waals surface area contributed by atoms with Gasteiger partial charge in [0.25, 0.3) is 0 Å². The van der Waals surface area contributed by atoms with Gasteiger partial charge in [-0.3, -0.25) is 4.79 Å². The predicted octanol–water partition coefficient (Wildman–Crippen LogP) is 2.02. The first-order valence-corrected chi connectivity index (χ1v) is 10.1. The van der Waals surface area contributed by atoms with Gasteiger partial charge in [0.1, 0.15) is 0 Å². The van der Waals surface area contributed by atoms with E-state index < -0.39 is 0 Å². The predicted molar refractivity (Wildman–Crippen MR) is 106 cm³/mol. The van der Waals surface area contributed by atoms with E-state index in [4.69, 9.17) is 5.73 Å². The molecule has 2 fully saturated rings. The summed E-state index contributed by atoms with van der Waals surface area (Å²) in [6.07, 6.45) is 1.71. The van der Waals surface area contributed by atoms with E-state index in [1.165, 1.54) is 5.56 Å². The van der Waals surface area contributed by atoms with Crippen molar-refractivity contribution in [1.82, 2.24) is 15.1 Å². The molecule has 2 heterocycles. The summed E-state index contributed by atoms with van der Waals surface area (Å²) < 4.78 is 0. The molecule has 1 aromatic rings. The number of benzene rings is 1. The lowest BCUT2D eigenvalue weighted by atomic mass is 9.95. The van der Waals surface area contributed by atoms with Crippen molar-refractivity contribution in [1.29, 1.82) is 0 Å². The van der Waals surface area contributed by atoms with E-state index in [1.807, 2.05) is 23.1 Å². The van der Waals surface area contributed by atoms with E-state index >= 15 is 0 Å². The molecule has 2 aliphatic heterocycles. The number of likely N-dealkylation sites (tertiary alicyclic amines) is 2. The van der Waals surface area contributed by atoms with E-state index in [-0.39, 0.29) is 29.8 Å². The third-order valence-electron chi connectivity index (χ3n) is 5.62. The Kier molecular flexibility index (Phi) is 6.37.